The van der Waals surface area contributed by atoms with Crippen LogP contribution in [0.2, 0.25) is 0 Å². The van der Waals surface area contributed by atoms with Crippen molar-refractivity contribution in [1.29, 1.82) is 0 Å². The van der Waals surface area contributed by atoms with Gasteiger partial charge in [-0.25, -0.2) is 8.42 Å². The maximum atomic E-state index is 14.0. The lowest BCUT2D eigenvalue weighted by Gasteiger charge is -2.34. The van der Waals surface area contributed by atoms with E-state index in [2.05, 4.69) is 5.32 Å². The molecule has 0 aliphatic rings. The number of carbonyl (C=O) groups is 2. The standard InChI is InChI=1S/C30H37N3O4S/c1-22-14-10-12-16-25(22)20-32(24(3)29(35)31-30(4,5)6)28(34)21-33(27-19-13-11-15-23(27)2)38(36,37)26-17-8-7-9-18-26/h7-19,24H,20-21H2,1-6H3,(H,31,35). The first-order valence-electron chi connectivity index (χ1n) is 12.6. The second-order valence-electron chi connectivity index (χ2n) is 10.5. The minimum Gasteiger partial charge on any atom is -0.350 e. The van der Waals surface area contributed by atoms with Gasteiger partial charge in [-0.2, -0.15) is 0 Å². The van der Waals surface area contributed by atoms with Crippen LogP contribution >= 0.6 is 0 Å². The van der Waals surface area contributed by atoms with E-state index in [4.69, 9.17) is 0 Å². The third-order valence-corrected chi connectivity index (χ3v) is 8.04. The molecule has 0 bridgehead atoms. The van der Waals surface area contributed by atoms with Gasteiger partial charge in [0.05, 0.1) is 10.6 Å². The molecule has 3 aromatic carbocycles. The van der Waals surface area contributed by atoms with Gasteiger partial charge in [0.1, 0.15) is 12.6 Å². The van der Waals surface area contributed by atoms with Crippen molar-refractivity contribution in [1.82, 2.24) is 10.2 Å². The van der Waals surface area contributed by atoms with Gasteiger partial charge >= 0.3 is 0 Å². The number of rotatable bonds is 9. The first-order valence-corrected chi connectivity index (χ1v) is 14.0. The number of hydrogen-bond acceptors (Lipinski definition) is 4. The molecule has 3 rings (SSSR count). The zero-order chi connectivity index (χ0) is 28.1. The van der Waals surface area contributed by atoms with Crippen molar-refractivity contribution in [2.75, 3.05) is 10.8 Å². The Bertz CT molecular complexity index is 1380. The number of sulfonamides is 1. The number of aryl methyl sites for hydroxylation is 2. The van der Waals surface area contributed by atoms with Gasteiger partial charge in [-0.3, -0.25) is 13.9 Å². The largest absolute Gasteiger partial charge is 0.350 e. The molecule has 38 heavy (non-hydrogen) atoms. The molecule has 1 N–H and O–H groups in total. The highest BCUT2D eigenvalue weighted by Crippen LogP contribution is 2.27. The first-order chi connectivity index (χ1) is 17.8. The quantitative estimate of drug-likeness (QED) is 0.425. The van der Waals surface area contributed by atoms with Crippen LogP contribution < -0.4 is 9.62 Å². The Morgan fingerprint density at radius 2 is 1.39 bits per heavy atom. The van der Waals surface area contributed by atoms with Crippen molar-refractivity contribution in [3.63, 3.8) is 0 Å². The zero-order valence-corrected chi connectivity index (χ0v) is 23.7. The predicted octanol–water partition coefficient (Wildman–Crippen LogP) is 4.83. The molecule has 0 spiro atoms. The molecular formula is C30H37N3O4S. The summed E-state index contributed by atoms with van der Waals surface area (Å²) in [4.78, 5) is 28.7. The lowest BCUT2D eigenvalue weighted by atomic mass is 10.1. The summed E-state index contributed by atoms with van der Waals surface area (Å²) in [6.07, 6.45) is 0. The van der Waals surface area contributed by atoms with Gasteiger partial charge in [0.25, 0.3) is 10.0 Å². The summed E-state index contributed by atoms with van der Waals surface area (Å²) >= 11 is 0. The van der Waals surface area contributed by atoms with Crippen LogP contribution in [0.1, 0.15) is 44.4 Å². The first kappa shape index (κ1) is 28.9. The highest BCUT2D eigenvalue weighted by molar-refractivity contribution is 7.92. The third-order valence-electron chi connectivity index (χ3n) is 6.26. The number of hydrogen-bond donors (Lipinski definition) is 1. The lowest BCUT2D eigenvalue weighted by molar-refractivity contribution is -0.140. The number of nitrogens with zero attached hydrogens (tertiary/aromatic N) is 2. The van der Waals surface area contributed by atoms with E-state index in [0.29, 0.717) is 11.3 Å². The molecule has 0 saturated carbocycles. The fourth-order valence-corrected chi connectivity index (χ4v) is 5.60. The summed E-state index contributed by atoms with van der Waals surface area (Å²) in [5.74, 6) is -0.791. The van der Waals surface area contributed by atoms with Gasteiger partial charge in [0, 0.05) is 12.1 Å². The van der Waals surface area contributed by atoms with Crippen molar-refractivity contribution in [2.45, 2.75) is 64.6 Å². The molecule has 1 atom stereocenters. The molecule has 7 nitrogen and oxygen atoms in total. The highest BCUT2D eigenvalue weighted by atomic mass is 32.2. The summed E-state index contributed by atoms with van der Waals surface area (Å²) in [5, 5.41) is 2.94. The van der Waals surface area contributed by atoms with Gasteiger partial charge < -0.3 is 10.2 Å². The molecule has 0 aliphatic heterocycles. The second kappa shape index (κ2) is 11.8. The molecule has 0 radical (unpaired) electrons. The van der Waals surface area contributed by atoms with Crippen molar-refractivity contribution < 1.29 is 18.0 Å². The van der Waals surface area contributed by atoms with E-state index < -0.39 is 34.1 Å². The van der Waals surface area contributed by atoms with Crippen molar-refractivity contribution >= 4 is 27.5 Å². The summed E-state index contributed by atoms with van der Waals surface area (Å²) in [6.45, 7) is 10.7. The van der Waals surface area contributed by atoms with Gasteiger partial charge in [-0.05, 0) is 76.4 Å². The summed E-state index contributed by atoms with van der Waals surface area (Å²) in [6, 6.07) is 21.9. The maximum absolute atomic E-state index is 14.0. The second-order valence-corrected chi connectivity index (χ2v) is 12.3. The number of amides is 2. The van der Waals surface area contributed by atoms with Crippen LogP contribution in [0.25, 0.3) is 0 Å². The van der Waals surface area contributed by atoms with Crippen LogP contribution in [0.15, 0.2) is 83.8 Å². The fourth-order valence-electron chi connectivity index (χ4n) is 4.10. The molecule has 3 aromatic rings. The zero-order valence-electron chi connectivity index (χ0n) is 22.9. The predicted molar refractivity (Wildman–Crippen MR) is 151 cm³/mol. The molecule has 0 heterocycles. The average molecular weight is 536 g/mol. The van der Waals surface area contributed by atoms with Crippen LogP contribution in [0.5, 0.6) is 0 Å². The molecule has 0 fully saturated rings. The topological polar surface area (TPSA) is 86.8 Å². The highest BCUT2D eigenvalue weighted by Gasteiger charge is 2.33. The van der Waals surface area contributed by atoms with Crippen LogP contribution in [0.4, 0.5) is 5.69 Å². The number of carbonyl (C=O) groups excluding carboxylic acids is 2. The van der Waals surface area contributed by atoms with Gasteiger partial charge in [0.2, 0.25) is 11.8 Å². The smallest absolute Gasteiger partial charge is 0.264 e. The van der Waals surface area contributed by atoms with Crippen LogP contribution in [0, 0.1) is 13.8 Å². The normalized spacial score (nSPS) is 12.5. The van der Waals surface area contributed by atoms with Gasteiger partial charge in [-0.15, -0.1) is 0 Å². The number of nitrogens with one attached hydrogen (secondary N) is 1. The minimum atomic E-state index is -4.08. The summed E-state index contributed by atoms with van der Waals surface area (Å²) < 4.78 is 28.8. The molecule has 8 heteroatoms. The number of anilines is 1. The molecular weight excluding hydrogens is 498 g/mol. The summed E-state index contributed by atoms with van der Waals surface area (Å²) in [7, 11) is -4.08. The Morgan fingerprint density at radius 3 is 1.97 bits per heavy atom. The summed E-state index contributed by atoms with van der Waals surface area (Å²) in [5.41, 5.74) is 2.48. The van der Waals surface area contributed by atoms with E-state index in [-0.39, 0.29) is 17.3 Å². The van der Waals surface area contributed by atoms with E-state index in [9.17, 15) is 18.0 Å². The molecule has 0 aliphatic carbocycles. The Kier molecular flexibility index (Phi) is 8.99. The number of para-hydroxylation sites is 1. The van der Waals surface area contributed by atoms with E-state index in [1.54, 1.807) is 50.2 Å². The van der Waals surface area contributed by atoms with E-state index in [1.807, 2.05) is 58.0 Å². The average Bonchev–Trinajstić information content (AvgIpc) is 2.86. The Labute approximate surface area is 226 Å². The Balaban J connectivity index is 2.05. The number of benzene rings is 3. The van der Waals surface area contributed by atoms with Crippen molar-refractivity contribution in [3.05, 3.63) is 95.6 Å². The fraction of sp³-hybridized carbons (Fsp3) is 0.333. The van der Waals surface area contributed by atoms with E-state index in [1.165, 1.54) is 17.0 Å². The third kappa shape index (κ3) is 7.01. The molecule has 1 unspecified atom stereocenters. The SMILES string of the molecule is Cc1ccccc1CN(C(=O)CN(c1ccccc1C)S(=O)(=O)c1ccccc1)C(C)C(=O)NC(C)(C)C. The molecule has 0 aromatic heterocycles. The van der Waals surface area contributed by atoms with Crippen LogP contribution in [0.3, 0.4) is 0 Å². The lowest BCUT2D eigenvalue weighted by Crippen LogP contribution is -2.54. The monoisotopic (exact) mass is 535 g/mol. The molecule has 0 saturated heterocycles. The van der Waals surface area contributed by atoms with Gasteiger partial charge in [0.15, 0.2) is 0 Å². The van der Waals surface area contributed by atoms with E-state index >= 15 is 0 Å². The van der Waals surface area contributed by atoms with Crippen molar-refractivity contribution in [3.8, 4) is 0 Å². The Hall–Kier alpha value is -3.65. The van der Waals surface area contributed by atoms with Crippen molar-refractivity contribution in [2.24, 2.45) is 0 Å². The molecule has 202 valence electrons. The van der Waals surface area contributed by atoms with Gasteiger partial charge in [-0.1, -0.05) is 60.7 Å². The maximum Gasteiger partial charge on any atom is 0.264 e. The minimum absolute atomic E-state index is 0.0834. The Morgan fingerprint density at radius 1 is 0.842 bits per heavy atom. The van der Waals surface area contributed by atoms with Crippen LogP contribution in [-0.4, -0.2) is 43.3 Å². The van der Waals surface area contributed by atoms with E-state index in [0.717, 1.165) is 15.4 Å². The van der Waals surface area contributed by atoms with Crippen LogP contribution in [-0.2, 0) is 26.2 Å². The molecule has 2 amide bonds.